The Morgan fingerprint density at radius 1 is 1.21 bits per heavy atom. The third-order valence-corrected chi connectivity index (χ3v) is 4.00. The highest BCUT2D eigenvalue weighted by atomic mass is 32.1. The molecule has 3 nitrogen and oxygen atoms in total. The molecule has 0 fully saturated rings. The highest BCUT2D eigenvalue weighted by molar-refractivity contribution is 7.15. The third kappa shape index (κ3) is 3.55. The summed E-state index contributed by atoms with van der Waals surface area (Å²) in [6.45, 7) is 9.20. The molecule has 0 aliphatic rings. The van der Waals surface area contributed by atoms with Crippen LogP contribution in [-0.4, -0.2) is 18.1 Å². The first-order chi connectivity index (χ1) is 9.24. The van der Waals surface area contributed by atoms with Crippen molar-refractivity contribution in [2.75, 3.05) is 18.0 Å². The van der Waals surface area contributed by atoms with Crippen LogP contribution in [0.3, 0.4) is 0 Å². The molecule has 0 saturated heterocycles. The van der Waals surface area contributed by atoms with E-state index in [2.05, 4.69) is 60.2 Å². The van der Waals surface area contributed by atoms with Gasteiger partial charge in [0.2, 0.25) is 0 Å². The molecule has 1 N–H and O–H groups in total. The van der Waals surface area contributed by atoms with Crippen molar-refractivity contribution in [2.45, 2.75) is 27.3 Å². The lowest BCUT2D eigenvalue weighted by atomic mass is 10.2. The van der Waals surface area contributed by atoms with Gasteiger partial charge in [-0.05, 0) is 32.5 Å². The average Bonchev–Trinajstić information content (AvgIpc) is 2.88. The van der Waals surface area contributed by atoms with Gasteiger partial charge in [-0.2, -0.15) is 0 Å². The number of nitrogens with one attached hydrogen (secondary N) is 1. The first-order valence-corrected chi connectivity index (χ1v) is 7.55. The lowest BCUT2D eigenvalue weighted by Gasteiger charge is -2.19. The summed E-state index contributed by atoms with van der Waals surface area (Å²) in [5, 5.41) is 4.40. The van der Waals surface area contributed by atoms with Gasteiger partial charge in [-0.1, -0.05) is 24.6 Å². The number of benzene rings is 1. The fraction of sp³-hybridized carbons (Fsp3) is 0.400. The van der Waals surface area contributed by atoms with Crippen molar-refractivity contribution in [2.24, 2.45) is 0 Å². The molecule has 19 heavy (non-hydrogen) atoms. The zero-order valence-electron chi connectivity index (χ0n) is 11.8. The number of aryl methyl sites for hydroxylation is 1. The van der Waals surface area contributed by atoms with Crippen LogP contribution in [-0.2, 0) is 6.54 Å². The Balaban J connectivity index is 2.17. The summed E-state index contributed by atoms with van der Waals surface area (Å²) in [5.41, 5.74) is 2.49. The van der Waals surface area contributed by atoms with Gasteiger partial charge in [0.1, 0.15) is 0 Å². The van der Waals surface area contributed by atoms with Crippen LogP contribution in [0, 0.1) is 6.92 Å². The zero-order chi connectivity index (χ0) is 13.7. The molecule has 1 aromatic heterocycles. The maximum atomic E-state index is 4.54. The van der Waals surface area contributed by atoms with Crippen molar-refractivity contribution in [3.05, 3.63) is 40.9 Å². The van der Waals surface area contributed by atoms with Gasteiger partial charge in [0.15, 0.2) is 5.13 Å². The standard InChI is InChI=1S/C15H21N3S/c1-4-16-10-14-11-17-15(19-14)18(5-2)13-8-6-12(3)7-9-13/h6-9,11,16H,4-5,10H2,1-3H3. The molecule has 0 radical (unpaired) electrons. The van der Waals surface area contributed by atoms with E-state index < -0.39 is 0 Å². The summed E-state index contributed by atoms with van der Waals surface area (Å²) in [5.74, 6) is 0. The number of hydrogen-bond donors (Lipinski definition) is 1. The summed E-state index contributed by atoms with van der Waals surface area (Å²) in [6, 6.07) is 8.60. The first-order valence-electron chi connectivity index (χ1n) is 6.74. The van der Waals surface area contributed by atoms with Gasteiger partial charge in [0.05, 0.1) is 0 Å². The van der Waals surface area contributed by atoms with E-state index in [0.29, 0.717) is 0 Å². The van der Waals surface area contributed by atoms with Gasteiger partial charge in [-0.25, -0.2) is 4.98 Å². The van der Waals surface area contributed by atoms with Gasteiger partial charge in [0.25, 0.3) is 0 Å². The molecule has 0 spiro atoms. The number of hydrogen-bond acceptors (Lipinski definition) is 4. The van der Waals surface area contributed by atoms with E-state index >= 15 is 0 Å². The Morgan fingerprint density at radius 2 is 1.95 bits per heavy atom. The summed E-state index contributed by atoms with van der Waals surface area (Å²) < 4.78 is 0. The van der Waals surface area contributed by atoms with Gasteiger partial charge in [-0.15, -0.1) is 11.3 Å². The summed E-state index contributed by atoms with van der Waals surface area (Å²) in [4.78, 5) is 8.07. The molecule has 2 aromatic rings. The van der Waals surface area contributed by atoms with Crippen LogP contribution >= 0.6 is 11.3 Å². The molecule has 2 rings (SSSR count). The Labute approximate surface area is 119 Å². The van der Waals surface area contributed by atoms with Gasteiger partial charge < -0.3 is 10.2 Å². The number of anilines is 2. The van der Waals surface area contributed by atoms with E-state index in [1.165, 1.54) is 16.1 Å². The van der Waals surface area contributed by atoms with Crippen LogP contribution in [0.15, 0.2) is 30.5 Å². The maximum Gasteiger partial charge on any atom is 0.190 e. The Hall–Kier alpha value is -1.39. The monoisotopic (exact) mass is 275 g/mol. The van der Waals surface area contributed by atoms with E-state index in [1.807, 2.05) is 6.20 Å². The van der Waals surface area contributed by atoms with E-state index in [0.717, 1.165) is 24.8 Å². The van der Waals surface area contributed by atoms with E-state index in [4.69, 9.17) is 0 Å². The van der Waals surface area contributed by atoms with Crippen LogP contribution in [0.2, 0.25) is 0 Å². The summed E-state index contributed by atoms with van der Waals surface area (Å²) >= 11 is 1.76. The number of nitrogens with zero attached hydrogens (tertiary/aromatic N) is 2. The molecule has 4 heteroatoms. The van der Waals surface area contributed by atoms with Crippen molar-refractivity contribution in [3.63, 3.8) is 0 Å². The predicted molar refractivity (Wildman–Crippen MR) is 83.4 cm³/mol. The van der Waals surface area contributed by atoms with E-state index in [1.54, 1.807) is 11.3 Å². The van der Waals surface area contributed by atoms with Crippen molar-refractivity contribution < 1.29 is 0 Å². The van der Waals surface area contributed by atoms with Gasteiger partial charge in [-0.3, -0.25) is 0 Å². The Bertz CT molecular complexity index is 504. The average molecular weight is 275 g/mol. The van der Waals surface area contributed by atoms with Crippen LogP contribution in [0.1, 0.15) is 24.3 Å². The maximum absolute atomic E-state index is 4.54. The second kappa shape index (κ2) is 6.68. The molecule has 0 amide bonds. The van der Waals surface area contributed by atoms with Gasteiger partial charge in [0, 0.05) is 29.9 Å². The second-order valence-electron chi connectivity index (χ2n) is 4.47. The van der Waals surface area contributed by atoms with E-state index in [9.17, 15) is 0 Å². The molecular weight excluding hydrogens is 254 g/mol. The minimum atomic E-state index is 0.902. The van der Waals surface area contributed by atoms with Crippen molar-refractivity contribution in [1.82, 2.24) is 10.3 Å². The molecule has 0 saturated carbocycles. The number of rotatable bonds is 6. The molecule has 0 aliphatic carbocycles. The summed E-state index contributed by atoms with van der Waals surface area (Å²) in [7, 11) is 0. The highest BCUT2D eigenvalue weighted by Crippen LogP contribution is 2.29. The van der Waals surface area contributed by atoms with Crippen molar-refractivity contribution in [1.29, 1.82) is 0 Å². The normalized spacial score (nSPS) is 10.7. The molecule has 0 bridgehead atoms. The zero-order valence-corrected chi connectivity index (χ0v) is 12.6. The molecule has 0 aliphatic heterocycles. The SMILES string of the molecule is CCNCc1cnc(N(CC)c2ccc(C)cc2)s1. The molecule has 0 atom stereocenters. The van der Waals surface area contributed by atoms with Gasteiger partial charge >= 0.3 is 0 Å². The molecule has 1 heterocycles. The minimum absolute atomic E-state index is 0.902. The second-order valence-corrected chi connectivity index (χ2v) is 5.56. The molecular formula is C15H21N3S. The Kier molecular flexibility index (Phi) is 4.93. The fourth-order valence-electron chi connectivity index (χ4n) is 1.90. The fourth-order valence-corrected chi connectivity index (χ4v) is 2.87. The topological polar surface area (TPSA) is 28.2 Å². The van der Waals surface area contributed by atoms with Crippen LogP contribution < -0.4 is 10.2 Å². The Morgan fingerprint density at radius 3 is 2.58 bits per heavy atom. The van der Waals surface area contributed by atoms with Crippen LogP contribution in [0.5, 0.6) is 0 Å². The van der Waals surface area contributed by atoms with Crippen LogP contribution in [0.25, 0.3) is 0 Å². The molecule has 102 valence electrons. The quantitative estimate of drug-likeness (QED) is 0.871. The lowest BCUT2D eigenvalue weighted by Crippen LogP contribution is -2.15. The smallest absolute Gasteiger partial charge is 0.190 e. The number of thiazole rings is 1. The highest BCUT2D eigenvalue weighted by Gasteiger charge is 2.11. The summed E-state index contributed by atoms with van der Waals surface area (Å²) in [6.07, 6.45) is 1.97. The predicted octanol–water partition coefficient (Wildman–Crippen LogP) is 3.72. The van der Waals surface area contributed by atoms with Crippen LogP contribution in [0.4, 0.5) is 10.8 Å². The lowest BCUT2D eigenvalue weighted by molar-refractivity contribution is 0.734. The van der Waals surface area contributed by atoms with Crippen molar-refractivity contribution >= 4 is 22.2 Å². The first kappa shape index (κ1) is 14.0. The largest absolute Gasteiger partial charge is 0.318 e. The van der Waals surface area contributed by atoms with E-state index in [-0.39, 0.29) is 0 Å². The van der Waals surface area contributed by atoms with Crippen molar-refractivity contribution in [3.8, 4) is 0 Å². The molecule has 0 unspecified atom stereocenters. The minimum Gasteiger partial charge on any atom is -0.318 e. The number of aromatic nitrogens is 1. The molecule has 1 aromatic carbocycles. The third-order valence-electron chi connectivity index (χ3n) is 2.98.